The number of nitrogens with one attached hydrogen (secondary N) is 5. The van der Waals surface area contributed by atoms with Gasteiger partial charge in [-0.25, -0.2) is 0 Å². The van der Waals surface area contributed by atoms with Crippen LogP contribution in [0.25, 0.3) is 0 Å². The molecule has 28 heavy (non-hydrogen) atoms. The molecule has 0 aromatic heterocycles. The summed E-state index contributed by atoms with van der Waals surface area (Å²) < 4.78 is 0. The molecular weight excluding hydrogens is 348 g/mol. The summed E-state index contributed by atoms with van der Waals surface area (Å²) in [5.41, 5.74) is 6.13. The van der Waals surface area contributed by atoms with Gasteiger partial charge in [-0.2, -0.15) is 0 Å². The molecule has 2 aliphatic heterocycles. The summed E-state index contributed by atoms with van der Waals surface area (Å²) >= 11 is 0. The van der Waals surface area contributed by atoms with Gasteiger partial charge in [0.05, 0.1) is 11.4 Å². The summed E-state index contributed by atoms with van der Waals surface area (Å²) in [6.45, 7) is 5.75. The SMILES string of the molecule is CCC1CCN(CC2Nc3ccc(Nc4ccc(NC)c(C=N)c4)cc3N2)C1. The minimum Gasteiger partial charge on any atom is -0.388 e. The van der Waals surface area contributed by atoms with Crippen molar-refractivity contribution in [2.24, 2.45) is 5.92 Å². The van der Waals surface area contributed by atoms with Crippen LogP contribution in [-0.2, 0) is 0 Å². The lowest BCUT2D eigenvalue weighted by atomic mass is 10.1. The first-order valence-corrected chi connectivity index (χ1v) is 10.2. The number of rotatable bonds is 7. The molecule has 2 aromatic carbocycles. The van der Waals surface area contributed by atoms with E-state index in [9.17, 15) is 0 Å². The molecule has 1 fully saturated rings. The van der Waals surface area contributed by atoms with Crippen molar-refractivity contribution in [3.8, 4) is 0 Å². The Morgan fingerprint density at radius 3 is 2.68 bits per heavy atom. The van der Waals surface area contributed by atoms with Crippen LogP contribution in [-0.4, -0.2) is 44.0 Å². The molecule has 0 bridgehead atoms. The fourth-order valence-electron chi connectivity index (χ4n) is 4.19. The molecule has 2 heterocycles. The Bertz CT molecular complexity index is 849. The molecule has 6 nitrogen and oxygen atoms in total. The van der Waals surface area contributed by atoms with E-state index in [-0.39, 0.29) is 6.17 Å². The van der Waals surface area contributed by atoms with E-state index in [0.717, 1.165) is 46.5 Å². The lowest BCUT2D eigenvalue weighted by Crippen LogP contribution is -2.37. The van der Waals surface area contributed by atoms with Gasteiger partial charge in [0, 0.05) is 49.0 Å². The van der Waals surface area contributed by atoms with Crippen molar-refractivity contribution in [1.82, 2.24) is 4.90 Å². The summed E-state index contributed by atoms with van der Waals surface area (Å²) in [4.78, 5) is 2.56. The van der Waals surface area contributed by atoms with Crippen molar-refractivity contribution in [2.75, 3.05) is 47.9 Å². The monoisotopic (exact) mass is 378 g/mol. The minimum absolute atomic E-state index is 0.264. The molecule has 4 rings (SSSR count). The molecule has 5 N–H and O–H groups in total. The number of benzene rings is 2. The van der Waals surface area contributed by atoms with Gasteiger partial charge in [0.2, 0.25) is 0 Å². The Labute approximate surface area is 167 Å². The number of hydrogen-bond acceptors (Lipinski definition) is 6. The van der Waals surface area contributed by atoms with Crippen molar-refractivity contribution < 1.29 is 0 Å². The number of nitrogens with zero attached hydrogens (tertiary/aromatic N) is 1. The first-order chi connectivity index (χ1) is 13.7. The molecule has 2 aromatic rings. The third-order valence-corrected chi connectivity index (χ3v) is 5.83. The predicted molar refractivity (Wildman–Crippen MR) is 119 cm³/mol. The van der Waals surface area contributed by atoms with Crippen LogP contribution >= 0.6 is 0 Å². The van der Waals surface area contributed by atoms with Crippen molar-refractivity contribution in [2.45, 2.75) is 25.9 Å². The minimum atomic E-state index is 0.264. The molecule has 0 spiro atoms. The second-order valence-corrected chi connectivity index (χ2v) is 7.75. The molecular formula is C22H30N6. The maximum absolute atomic E-state index is 7.59. The molecule has 148 valence electrons. The van der Waals surface area contributed by atoms with E-state index in [1.165, 1.54) is 32.1 Å². The highest BCUT2D eigenvalue weighted by Gasteiger charge is 2.26. The molecule has 1 saturated heterocycles. The van der Waals surface area contributed by atoms with Gasteiger partial charge in [0.25, 0.3) is 0 Å². The maximum Gasteiger partial charge on any atom is 0.110 e. The highest BCUT2D eigenvalue weighted by molar-refractivity contribution is 5.88. The number of anilines is 5. The average Bonchev–Trinajstić information content (AvgIpc) is 3.33. The number of hydrogen-bond donors (Lipinski definition) is 5. The summed E-state index contributed by atoms with van der Waals surface area (Å²) in [6.07, 6.45) is 4.25. The first-order valence-electron chi connectivity index (χ1n) is 10.2. The van der Waals surface area contributed by atoms with Crippen LogP contribution in [0.3, 0.4) is 0 Å². The third-order valence-electron chi connectivity index (χ3n) is 5.83. The Morgan fingerprint density at radius 1 is 1.14 bits per heavy atom. The Morgan fingerprint density at radius 2 is 1.93 bits per heavy atom. The zero-order valence-corrected chi connectivity index (χ0v) is 16.7. The summed E-state index contributed by atoms with van der Waals surface area (Å²) in [6, 6.07) is 12.4. The normalized spacial score (nSPS) is 20.9. The Balaban J connectivity index is 1.40. The van der Waals surface area contributed by atoms with Gasteiger partial charge in [0.1, 0.15) is 6.17 Å². The van der Waals surface area contributed by atoms with Gasteiger partial charge < -0.3 is 26.7 Å². The molecule has 0 amide bonds. The third kappa shape index (κ3) is 3.92. The molecule has 0 saturated carbocycles. The van der Waals surface area contributed by atoms with E-state index >= 15 is 0 Å². The predicted octanol–water partition coefficient (Wildman–Crippen LogP) is 4.36. The highest BCUT2D eigenvalue weighted by Crippen LogP contribution is 2.33. The van der Waals surface area contributed by atoms with Gasteiger partial charge in [-0.05, 0) is 55.3 Å². The van der Waals surface area contributed by atoms with Gasteiger partial charge in [-0.3, -0.25) is 4.90 Å². The van der Waals surface area contributed by atoms with Crippen LogP contribution < -0.4 is 21.3 Å². The van der Waals surface area contributed by atoms with Crippen LogP contribution in [0.4, 0.5) is 28.4 Å². The molecule has 0 aliphatic carbocycles. The number of likely N-dealkylation sites (tertiary alicyclic amines) is 1. The highest BCUT2D eigenvalue weighted by atomic mass is 15.3. The fourth-order valence-corrected chi connectivity index (χ4v) is 4.19. The van der Waals surface area contributed by atoms with E-state index in [1.807, 2.05) is 25.2 Å². The zero-order chi connectivity index (χ0) is 19.5. The van der Waals surface area contributed by atoms with E-state index in [1.54, 1.807) is 0 Å². The lowest BCUT2D eigenvalue weighted by Gasteiger charge is -2.21. The summed E-state index contributed by atoms with van der Waals surface area (Å²) in [5.74, 6) is 0.861. The first kappa shape index (κ1) is 18.6. The molecule has 6 heteroatoms. The smallest absolute Gasteiger partial charge is 0.110 e. The standard InChI is InChI=1S/C22H30N6/c1-3-15-8-9-28(13-15)14-22-26-20-7-5-18(11-21(20)27-22)25-17-4-6-19(24-2)16(10-17)12-23/h4-7,10-12,15,22-27H,3,8-9,13-14H2,1-2H3. The summed E-state index contributed by atoms with van der Waals surface area (Å²) in [7, 11) is 1.87. The Hall–Kier alpha value is -2.73. The maximum atomic E-state index is 7.59. The average molecular weight is 379 g/mol. The van der Waals surface area contributed by atoms with Crippen LogP contribution in [0, 0.1) is 11.3 Å². The van der Waals surface area contributed by atoms with Crippen LogP contribution in [0.5, 0.6) is 0 Å². The number of fused-ring (bicyclic) bond motifs is 1. The van der Waals surface area contributed by atoms with Gasteiger partial charge in [-0.15, -0.1) is 0 Å². The largest absolute Gasteiger partial charge is 0.388 e. The van der Waals surface area contributed by atoms with E-state index in [4.69, 9.17) is 5.41 Å². The van der Waals surface area contributed by atoms with E-state index < -0.39 is 0 Å². The quantitative estimate of drug-likeness (QED) is 0.463. The molecule has 2 atom stereocenters. The van der Waals surface area contributed by atoms with Crippen molar-refractivity contribution >= 4 is 34.7 Å². The lowest BCUT2D eigenvalue weighted by molar-refractivity contribution is 0.316. The second-order valence-electron chi connectivity index (χ2n) is 7.75. The van der Waals surface area contributed by atoms with Crippen LogP contribution in [0.1, 0.15) is 25.3 Å². The molecule has 2 aliphatic rings. The second kappa shape index (κ2) is 8.10. The van der Waals surface area contributed by atoms with Crippen LogP contribution in [0.15, 0.2) is 36.4 Å². The van der Waals surface area contributed by atoms with Gasteiger partial charge in [-0.1, -0.05) is 13.3 Å². The van der Waals surface area contributed by atoms with Gasteiger partial charge in [0.15, 0.2) is 0 Å². The summed E-state index contributed by atoms with van der Waals surface area (Å²) in [5, 5.41) is 21.4. The molecule has 0 radical (unpaired) electrons. The zero-order valence-electron chi connectivity index (χ0n) is 16.7. The van der Waals surface area contributed by atoms with Gasteiger partial charge >= 0.3 is 0 Å². The molecule has 2 unspecified atom stereocenters. The topological polar surface area (TPSA) is 75.2 Å². The van der Waals surface area contributed by atoms with Crippen LogP contribution in [0.2, 0.25) is 0 Å². The van der Waals surface area contributed by atoms with Crippen molar-refractivity contribution in [1.29, 1.82) is 5.41 Å². The Kier molecular flexibility index (Phi) is 5.39. The van der Waals surface area contributed by atoms with E-state index in [2.05, 4.69) is 51.3 Å². The van der Waals surface area contributed by atoms with Crippen molar-refractivity contribution in [3.63, 3.8) is 0 Å². The van der Waals surface area contributed by atoms with Crippen molar-refractivity contribution in [3.05, 3.63) is 42.0 Å². The fraction of sp³-hybridized carbons (Fsp3) is 0.409. The van der Waals surface area contributed by atoms with E-state index in [0.29, 0.717) is 0 Å².